The summed E-state index contributed by atoms with van der Waals surface area (Å²) in [6.07, 6.45) is -0.578. The molecule has 0 bridgehead atoms. The molecule has 0 aliphatic carbocycles. The molecule has 1 atom stereocenters. The molecule has 1 aliphatic heterocycles. The van der Waals surface area contributed by atoms with Gasteiger partial charge in [0.25, 0.3) is 0 Å². The van der Waals surface area contributed by atoms with Crippen LogP contribution in [0.2, 0.25) is 0 Å². The van der Waals surface area contributed by atoms with E-state index >= 15 is 0 Å². The molecule has 1 aromatic carbocycles. The van der Waals surface area contributed by atoms with Gasteiger partial charge in [0.2, 0.25) is 5.91 Å². The number of hydrogen-bond donors (Lipinski definition) is 1. The van der Waals surface area contributed by atoms with Crippen molar-refractivity contribution in [3.05, 3.63) is 36.4 Å². The van der Waals surface area contributed by atoms with E-state index in [1.807, 2.05) is 0 Å². The van der Waals surface area contributed by atoms with Gasteiger partial charge in [-0.05, 0) is 44.5 Å². The number of anilines is 1. The van der Waals surface area contributed by atoms with Gasteiger partial charge in [-0.3, -0.25) is 14.5 Å². The zero-order chi connectivity index (χ0) is 21.7. The summed E-state index contributed by atoms with van der Waals surface area (Å²) in [5.41, 5.74) is -0.654. The van der Waals surface area contributed by atoms with Crippen LogP contribution in [-0.4, -0.2) is 57.8 Å². The molecule has 1 N–H and O–H groups in total. The fourth-order valence-electron chi connectivity index (χ4n) is 3.39. The minimum atomic E-state index is -4.56. The summed E-state index contributed by atoms with van der Waals surface area (Å²) in [6.45, 7) is 2.94. The molecule has 162 valence electrons. The highest BCUT2D eigenvalue weighted by molar-refractivity contribution is 5.94. The van der Waals surface area contributed by atoms with Crippen molar-refractivity contribution < 1.29 is 27.5 Å². The number of carbonyl (C=O) groups excluding carboxylic acids is 2. The van der Waals surface area contributed by atoms with Crippen molar-refractivity contribution in [2.75, 3.05) is 31.6 Å². The van der Waals surface area contributed by atoms with Crippen molar-refractivity contribution in [2.24, 2.45) is 5.92 Å². The second kappa shape index (κ2) is 9.24. The Hall–Kier alpha value is -2.95. The Kier molecular flexibility index (Phi) is 6.70. The lowest BCUT2D eigenvalue weighted by Gasteiger charge is -2.30. The van der Waals surface area contributed by atoms with Crippen LogP contribution in [0.25, 0.3) is 5.69 Å². The highest BCUT2D eigenvalue weighted by Gasteiger charge is 2.32. The quantitative estimate of drug-likeness (QED) is 0.716. The van der Waals surface area contributed by atoms with Gasteiger partial charge in [-0.1, -0.05) is 0 Å². The summed E-state index contributed by atoms with van der Waals surface area (Å²) in [7, 11) is 0. The Balaban J connectivity index is 1.73. The molecule has 1 saturated heterocycles. The average molecular weight is 425 g/mol. The molecule has 8 nitrogen and oxygen atoms in total. The molecule has 0 saturated carbocycles. The number of nitrogens with one attached hydrogen (secondary N) is 1. The lowest BCUT2D eigenvalue weighted by atomic mass is 9.98. The van der Waals surface area contributed by atoms with Crippen molar-refractivity contribution in [1.29, 1.82) is 0 Å². The molecule has 2 aromatic rings. The van der Waals surface area contributed by atoms with Crippen molar-refractivity contribution in [2.45, 2.75) is 25.9 Å². The Morgan fingerprint density at radius 1 is 1.33 bits per heavy atom. The minimum Gasteiger partial charge on any atom is -0.466 e. The summed E-state index contributed by atoms with van der Waals surface area (Å²) in [4.78, 5) is 30.1. The monoisotopic (exact) mass is 425 g/mol. The normalized spacial score (nSPS) is 17.5. The van der Waals surface area contributed by atoms with E-state index < -0.39 is 17.6 Å². The highest BCUT2D eigenvalue weighted by Crippen LogP contribution is 2.33. The van der Waals surface area contributed by atoms with Crippen LogP contribution < -0.4 is 5.32 Å². The molecular formula is C19H22F3N5O3. The number of aromatic nitrogens is 3. The third kappa shape index (κ3) is 5.35. The standard InChI is InChI=1S/C19H22F3N5O3/c1-2-30-18(29)13-4-3-7-26(9-13)10-17(28)25-15-8-14(19(20,21)22)5-6-16(15)27-12-23-11-24-27/h5-6,8,11-13H,2-4,7,9-10H2,1H3,(H,25,28). The van der Waals surface area contributed by atoms with Gasteiger partial charge in [0, 0.05) is 6.54 Å². The Morgan fingerprint density at radius 3 is 2.80 bits per heavy atom. The van der Waals surface area contributed by atoms with Gasteiger partial charge in [-0.15, -0.1) is 0 Å². The predicted octanol–water partition coefficient (Wildman–Crippen LogP) is 2.50. The van der Waals surface area contributed by atoms with Crippen LogP contribution in [-0.2, 0) is 20.5 Å². The maximum absolute atomic E-state index is 13.1. The van der Waals surface area contributed by atoms with Crippen LogP contribution in [0.15, 0.2) is 30.9 Å². The number of amides is 1. The van der Waals surface area contributed by atoms with E-state index in [1.54, 1.807) is 11.8 Å². The smallest absolute Gasteiger partial charge is 0.416 e. The van der Waals surface area contributed by atoms with E-state index in [1.165, 1.54) is 23.4 Å². The van der Waals surface area contributed by atoms with Crippen LogP contribution in [0.4, 0.5) is 18.9 Å². The molecule has 3 rings (SSSR count). The number of carbonyl (C=O) groups is 2. The molecule has 2 heterocycles. The molecule has 0 radical (unpaired) electrons. The number of benzene rings is 1. The van der Waals surface area contributed by atoms with E-state index in [9.17, 15) is 22.8 Å². The molecule has 1 unspecified atom stereocenters. The summed E-state index contributed by atoms with van der Waals surface area (Å²) in [5, 5.41) is 6.46. The van der Waals surface area contributed by atoms with Gasteiger partial charge in [0.1, 0.15) is 12.7 Å². The number of piperidine rings is 1. The van der Waals surface area contributed by atoms with E-state index in [2.05, 4.69) is 15.4 Å². The highest BCUT2D eigenvalue weighted by atomic mass is 19.4. The van der Waals surface area contributed by atoms with E-state index in [-0.39, 0.29) is 36.4 Å². The number of rotatable bonds is 6. The Bertz CT molecular complexity index is 886. The first-order chi connectivity index (χ1) is 14.3. The van der Waals surface area contributed by atoms with Gasteiger partial charge in [-0.2, -0.15) is 18.3 Å². The number of nitrogens with zero attached hydrogens (tertiary/aromatic N) is 4. The van der Waals surface area contributed by atoms with E-state index in [0.29, 0.717) is 19.5 Å². The van der Waals surface area contributed by atoms with Crippen LogP contribution in [0.1, 0.15) is 25.3 Å². The first-order valence-corrected chi connectivity index (χ1v) is 9.53. The zero-order valence-electron chi connectivity index (χ0n) is 16.4. The molecule has 11 heteroatoms. The maximum Gasteiger partial charge on any atom is 0.416 e. The summed E-state index contributed by atoms with van der Waals surface area (Å²) >= 11 is 0. The van der Waals surface area contributed by atoms with Crippen molar-refractivity contribution in [3.63, 3.8) is 0 Å². The van der Waals surface area contributed by atoms with Crippen LogP contribution in [0.3, 0.4) is 0 Å². The van der Waals surface area contributed by atoms with Crippen LogP contribution in [0, 0.1) is 5.92 Å². The van der Waals surface area contributed by atoms with Gasteiger partial charge < -0.3 is 10.1 Å². The molecule has 1 aliphatic rings. The van der Waals surface area contributed by atoms with E-state index in [0.717, 1.165) is 18.6 Å². The average Bonchev–Trinajstić information content (AvgIpc) is 3.22. The number of halogens is 3. The molecule has 30 heavy (non-hydrogen) atoms. The van der Waals surface area contributed by atoms with E-state index in [4.69, 9.17) is 4.74 Å². The number of alkyl halides is 3. The first kappa shape index (κ1) is 21.8. The molecule has 1 amide bonds. The topological polar surface area (TPSA) is 89.4 Å². The number of hydrogen-bond acceptors (Lipinski definition) is 6. The zero-order valence-corrected chi connectivity index (χ0v) is 16.4. The SMILES string of the molecule is CCOC(=O)C1CCCN(CC(=O)Nc2cc(C(F)(F)F)ccc2-n2cncn2)C1. The Morgan fingerprint density at radius 2 is 2.13 bits per heavy atom. The largest absolute Gasteiger partial charge is 0.466 e. The second-order valence-corrected chi connectivity index (χ2v) is 6.94. The summed E-state index contributed by atoms with van der Waals surface area (Å²) in [5.74, 6) is -1.10. The minimum absolute atomic E-state index is 0.0284. The number of likely N-dealkylation sites (tertiary alicyclic amines) is 1. The lowest BCUT2D eigenvalue weighted by Crippen LogP contribution is -2.43. The van der Waals surface area contributed by atoms with Crippen LogP contribution in [0.5, 0.6) is 0 Å². The maximum atomic E-state index is 13.1. The molecule has 0 spiro atoms. The second-order valence-electron chi connectivity index (χ2n) is 6.94. The third-order valence-electron chi connectivity index (χ3n) is 4.76. The molecule has 1 aromatic heterocycles. The Labute approximate surface area is 171 Å². The van der Waals surface area contributed by atoms with Crippen molar-refractivity contribution in [1.82, 2.24) is 19.7 Å². The fourth-order valence-corrected chi connectivity index (χ4v) is 3.39. The summed E-state index contributed by atoms with van der Waals surface area (Å²) in [6, 6.07) is 3.01. The van der Waals surface area contributed by atoms with Crippen molar-refractivity contribution >= 4 is 17.6 Å². The van der Waals surface area contributed by atoms with Gasteiger partial charge in [-0.25, -0.2) is 9.67 Å². The lowest BCUT2D eigenvalue weighted by molar-refractivity contribution is -0.150. The third-order valence-corrected chi connectivity index (χ3v) is 4.76. The molecule has 1 fully saturated rings. The van der Waals surface area contributed by atoms with Crippen LogP contribution >= 0.6 is 0 Å². The first-order valence-electron chi connectivity index (χ1n) is 9.53. The van der Waals surface area contributed by atoms with Gasteiger partial charge >= 0.3 is 12.1 Å². The number of esters is 1. The summed E-state index contributed by atoms with van der Waals surface area (Å²) < 4.78 is 45.7. The molecular weight excluding hydrogens is 403 g/mol. The van der Waals surface area contributed by atoms with Gasteiger partial charge in [0.15, 0.2) is 0 Å². The number of ether oxygens (including phenoxy) is 1. The predicted molar refractivity (Wildman–Crippen MR) is 101 cm³/mol. The van der Waals surface area contributed by atoms with Gasteiger partial charge in [0.05, 0.1) is 36.0 Å². The van der Waals surface area contributed by atoms with Crippen molar-refractivity contribution in [3.8, 4) is 5.69 Å². The fraction of sp³-hybridized carbons (Fsp3) is 0.474.